The standard InChI is InChI=1S/C14H16F4O/c1-12(2)6-3-7-13(12,19)9-4-5-11(15)10(8-9)14(16,17)18/h4-5,8,19H,3,6-7H2,1-2H3. The van der Waals surface area contributed by atoms with Gasteiger partial charge in [-0.2, -0.15) is 13.2 Å². The fourth-order valence-electron chi connectivity index (χ4n) is 2.87. The topological polar surface area (TPSA) is 20.2 Å². The zero-order valence-corrected chi connectivity index (χ0v) is 10.8. The summed E-state index contributed by atoms with van der Waals surface area (Å²) in [5, 5.41) is 10.7. The van der Waals surface area contributed by atoms with Crippen LogP contribution in [0.1, 0.15) is 44.2 Å². The van der Waals surface area contributed by atoms with Gasteiger partial charge in [0.25, 0.3) is 0 Å². The first-order chi connectivity index (χ1) is 8.58. The first kappa shape index (κ1) is 14.3. The van der Waals surface area contributed by atoms with Crippen molar-refractivity contribution in [2.45, 2.75) is 44.9 Å². The maximum Gasteiger partial charge on any atom is 0.419 e. The van der Waals surface area contributed by atoms with Crippen LogP contribution in [-0.4, -0.2) is 5.11 Å². The summed E-state index contributed by atoms with van der Waals surface area (Å²) >= 11 is 0. The van der Waals surface area contributed by atoms with Crippen LogP contribution in [0.5, 0.6) is 0 Å². The van der Waals surface area contributed by atoms with Crippen molar-refractivity contribution in [1.82, 2.24) is 0 Å². The molecular formula is C14H16F4O. The van der Waals surface area contributed by atoms with Crippen molar-refractivity contribution in [3.63, 3.8) is 0 Å². The average Bonchev–Trinajstić information content (AvgIpc) is 2.53. The molecule has 1 atom stereocenters. The Morgan fingerprint density at radius 1 is 1.16 bits per heavy atom. The first-order valence-electron chi connectivity index (χ1n) is 6.17. The molecule has 5 heteroatoms. The Morgan fingerprint density at radius 2 is 1.79 bits per heavy atom. The zero-order chi connectivity index (χ0) is 14.5. The summed E-state index contributed by atoms with van der Waals surface area (Å²) in [6.45, 7) is 3.63. The lowest BCUT2D eigenvalue weighted by Gasteiger charge is -2.37. The lowest BCUT2D eigenvalue weighted by Crippen LogP contribution is -2.37. The van der Waals surface area contributed by atoms with Gasteiger partial charge in [0.2, 0.25) is 0 Å². The highest BCUT2D eigenvalue weighted by Crippen LogP contribution is 2.52. The van der Waals surface area contributed by atoms with Gasteiger partial charge in [0.15, 0.2) is 0 Å². The highest BCUT2D eigenvalue weighted by atomic mass is 19.4. The molecule has 0 bridgehead atoms. The van der Waals surface area contributed by atoms with Gasteiger partial charge in [-0.15, -0.1) is 0 Å². The molecule has 0 radical (unpaired) electrons. The molecule has 1 saturated carbocycles. The highest BCUT2D eigenvalue weighted by molar-refractivity contribution is 5.33. The quantitative estimate of drug-likeness (QED) is 0.760. The van der Waals surface area contributed by atoms with Crippen LogP contribution in [-0.2, 0) is 11.8 Å². The van der Waals surface area contributed by atoms with Crippen LogP contribution >= 0.6 is 0 Å². The van der Waals surface area contributed by atoms with Gasteiger partial charge in [0.05, 0.1) is 11.2 Å². The molecule has 106 valence electrons. The molecule has 0 spiro atoms. The van der Waals surface area contributed by atoms with Crippen LogP contribution in [0.4, 0.5) is 17.6 Å². The summed E-state index contributed by atoms with van der Waals surface area (Å²) < 4.78 is 51.4. The molecule has 2 rings (SSSR count). The van der Waals surface area contributed by atoms with E-state index in [1.54, 1.807) is 0 Å². The molecule has 19 heavy (non-hydrogen) atoms. The van der Waals surface area contributed by atoms with Gasteiger partial charge in [-0.1, -0.05) is 19.9 Å². The predicted molar refractivity (Wildman–Crippen MR) is 62.9 cm³/mol. The van der Waals surface area contributed by atoms with Gasteiger partial charge >= 0.3 is 6.18 Å². The third kappa shape index (κ3) is 2.24. The van der Waals surface area contributed by atoms with Crippen LogP contribution in [0.2, 0.25) is 0 Å². The molecule has 0 amide bonds. The van der Waals surface area contributed by atoms with Crippen LogP contribution in [0, 0.1) is 11.2 Å². The van der Waals surface area contributed by atoms with Gasteiger partial charge < -0.3 is 5.11 Å². The van der Waals surface area contributed by atoms with Crippen molar-refractivity contribution >= 4 is 0 Å². The van der Waals surface area contributed by atoms with E-state index in [9.17, 15) is 22.7 Å². The molecule has 1 aromatic rings. The summed E-state index contributed by atoms with van der Waals surface area (Å²) in [6.07, 6.45) is -2.90. The summed E-state index contributed by atoms with van der Waals surface area (Å²) in [5.41, 5.74) is -3.03. The molecule has 1 unspecified atom stereocenters. The summed E-state index contributed by atoms with van der Waals surface area (Å²) in [7, 11) is 0. The van der Waals surface area contributed by atoms with E-state index in [2.05, 4.69) is 0 Å². The van der Waals surface area contributed by atoms with Gasteiger partial charge in [-0.05, 0) is 42.4 Å². The normalized spacial score (nSPS) is 26.7. The van der Waals surface area contributed by atoms with Crippen molar-refractivity contribution in [1.29, 1.82) is 0 Å². The van der Waals surface area contributed by atoms with Crippen LogP contribution in [0.25, 0.3) is 0 Å². The van der Waals surface area contributed by atoms with Crippen molar-refractivity contribution in [3.8, 4) is 0 Å². The van der Waals surface area contributed by atoms with Crippen molar-refractivity contribution < 1.29 is 22.7 Å². The Balaban J connectivity index is 2.53. The number of halogens is 4. The second-order valence-electron chi connectivity index (χ2n) is 5.79. The van der Waals surface area contributed by atoms with Crippen molar-refractivity contribution in [2.75, 3.05) is 0 Å². The Labute approximate surface area is 109 Å². The molecule has 1 fully saturated rings. The summed E-state index contributed by atoms with van der Waals surface area (Å²) in [5.74, 6) is -1.31. The molecular weight excluding hydrogens is 260 g/mol. The van der Waals surface area contributed by atoms with Gasteiger partial charge in [0, 0.05) is 0 Å². The Morgan fingerprint density at radius 3 is 2.26 bits per heavy atom. The van der Waals surface area contributed by atoms with E-state index in [-0.39, 0.29) is 5.56 Å². The number of rotatable bonds is 1. The predicted octanol–water partition coefficient (Wildman–Crippen LogP) is 4.24. The number of hydrogen-bond donors (Lipinski definition) is 1. The number of aliphatic hydroxyl groups is 1. The van der Waals surface area contributed by atoms with E-state index in [1.807, 2.05) is 13.8 Å². The van der Waals surface area contributed by atoms with Crippen molar-refractivity contribution in [2.24, 2.45) is 5.41 Å². The van der Waals surface area contributed by atoms with Gasteiger partial charge in [-0.3, -0.25) is 0 Å². The second kappa shape index (κ2) is 4.20. The van der Waals surface area contributed by atoms with Gasteiger partial charge in [0.1, 0.15) is 5.82 Å². The van der Waals surface area contributed by atoms with Crippen molar-refractivity contribution in [3.05, 3.63) is 35.1 Å². The third-order valence-corrected chi connectivity index (χ3v) is 4.21. The van der Waals surface area contributed by atoms with E-state index in [1.165, 1.54) is 6.07 Å². The minimum atomic E-state index is -4.75. The van der Waals surface area contributed by atoms with Crippen LogP contribution < -0.4 is 0 Å². The smallest absolute Gasteiger partial charge is 0.385 e. The fourth-order valence-corrected chi connectivity index (χ4v) is 2.87. The highest BCUT2D eigenvalue weighted by Gasteiger charge is 2.49. The minimum absolute atomic E-state index is 0.142. The second-order valence-corrected chi connectivity index (χ2v) is 5.79. The molecule has 0 aromatic heterocycles. The molecule has 0 saturated heterocycles. The Bertz CT molecular complexity index is 493. The number of hydrogen-bond acceptors (Lipinski definition) is 1. The SMILES string of the molecule is CC1(C)CCCC1(O)c1ccc(F)c(C(F)(F)F)c1. The maximum absolute atomic E-state index is 13.3. The molecule has 1 aromatic carbocycles. The molecule has 1 N–H and O–H groups in total. The lowest BCUT2D eigenvalue weighted by molar-refractivity contribution is -0.140. The molecule has 1 aliphatic rings. The summed E-state index contributed by atoms with van der Waals surface area (Å²) in [4.78, 5) is 0. The first-order valence-corrected chi connectivity index (χ1v) is 6.17. The molecule has 1 nitrogen and oxygen atoms in total. The average molecular weight is 276 g/mol. The number of alkyl halides is 3. The molecule has 0 aliphatic heterocycles. The van der Waals surface area contributed by atoms with Gasteiger partial charge in [-0.25, -0.2) is 4.39 Å². The number of benzene rings is 1. The van der Waals surface area contributed by atoms with E-state index in [0.29, 0.717) is 6.42 Å². The van der Waals surface area contributed by atoms with Crippen LogP contribution in [0.3, 0.4) is 0 Å². The van der Waals surface area contributed by atoms with E-state index in [4.69, 9.17) is 0 Å². The molecule has 0 heterocycles. The Kier molecular flexibility index (Phi) is 3.16. The largest absolute Gasteiger partial charge is 0.419 e. The fraction of sp³-hybridized carbons (Fsp3) is 0.571. The van der Waals surface area contributed by atoms with Crippen LogP contribution in [0.15, 0.2) is 18.2 Å². The summed E-state index contributed by atoms with van der Waals surface area (Å²) in [6, 6.07) is 2.77. The monoisotopic (exact) mass is 276 g/mol. The third-order valence-electron chi connectivity index (χ3n) is 4.21. The van der Waals surface area contributed by atoms with E-state index < -0.39 is 28.6 Å². The molecule has 1 aliphatic carbocycles. The zero-order valence-electron chi connectivity index (χ0n) is 10.8. The van der Waals surface area contributed by atoms with E-state index in [0.717, 1.165) is 25.0 Å². The maximum atomic E-state index is 13.3. The lowest BCUT2D eigenvalue weighted by atomic mass is 9.73. The minimum Gasteiger partial charge on any atom is -0.385 e. The van der Waals surface area contributed by atoms with E-state index >= 15 is 0 Å². The Hall–Kier alpha value is -1.10.